The fourth-order valence-electron chi connectivity index (χ4n) is 2.07. The van der Waals surface area contributed by atoms with E-state index in [9.17, 15) is 19.5 Å². The molecule has 1 fully saturated rings. The molecule has 0 radical (unpaired) electrons. The number of hydrogen-bond donors (Lipinski definition) is 4. The molecule has 0 heterocycles. The maximum Gasteiger partial charge on any atom is 0.337 e. The van der Waals surface area contributed by atoms with Crippen molar-refractivity contribution in [2.75, 3.05) is 13.1 Å². The zero-order valence-corrected chi connectivity index (χ0v) is 11.6. The summed E-state index contributed by atoms with van der Waals surface area (Å²) in [6.07, 6.45) is 4.01. The summed E-state index contributed by atoms with van der Waals surface area (Å²) in [4.78, 5) is 33.7. The van der Waals surface area contributed by atoms with Crippen molar-refractivity contribution >= 4 is 17.8 Å². The van der Waals surface area contributed by atoms with Crippen LogP contribution in [0.1, 0.15) is 39.0 Å². The predicted octanol–water partition coefficient (Wildman–Crippen LogP) is -0.365. The van der Waals surface area contributed by atoms with Gasteiger partial charge in [-0.05, 0) is 19.8 Å². The molecule has 20 heavy (non-hydrogen) atoms. The van der Waals surface area contributed by atoms with Crippen molar-refractivity contribution in [3.63, 3.8) is 0 Å². The van der Waals surface area contributed by atoms with Crippen LogP contribution in [0.3, 0.4) is 0 Å². The van der Waals surface area contributed by atoms with Crippen molar-refractivity contribution in [1.29, 1.82) is 0 Å². The number of carboxylic acid groups (broad SMARTS) is 1. The van der Waals surface area contributed by atoms with E-state index in [4.69, 9.17) is 5.11 Å². The van der Waals surface area contributed by atoms with Gasteiger partial charge in [0.2, 0.25) is 11.8 Å². The van der Waals surface area contributed by atoms with Gasteiger partial charge in [0.1, 0.15) is 0 Å². The summed E-state index contributed by atoms with van der Waals surface area (Å²) in [5.41, 5.74) is -1.98. The highest BCUT2D eigenvalue weighted by Crippen LogP contribution is 2.24. The Morgan fingerprint density at radius 2 is 1.80 bits per heavy atom. The van der Waals surface area contributed by atoms with Gasteiger partial charge in [-0.2, -0.15) is 0 Å². The second-order valence-electron chi connectivity index (χ2n) is 5.38. The third-order valence-electron chi connectivity index (χ3n) is 3.47. The SMILES string of the molecule is CC(O)(CNC(=O)CCNC(=O)C1CCCC1)C(=O)O. The smallest absolute Gasteiger partial charge is 0.337 e. The fraction of sp³-hybridized carbons (Fsp3) is 0.769. The Bertz CT molecular complexity index is 375. The first-order valence-electron chi connectivity index (χ1n) is 6.83. The van der Waals surface area contributed by atoms with Crippen LogP contribution in [-0.4, -0.2) is 46.7 Å². The molecular formula is C13H22N2O5. The number of aliphatic carboxylic acids is 1. The molecule has 1 aliphatic carbocycles. The van der Waals surface area contributed by atoms with Gasteiger partial charge in [-0.3, -0.25) is 9.59 Å². The second-order valence-corrected chi connectivity index (χ2v) is 5.38. The highest BCUT2D eigenvalue weighted by atomic mass is 16.4. The zero-order valence-electron chi connectivity index (χ0n) is 11.6. The molecule has 1 atom stereocenters. The van der Waals surface area contributed by atoms with Crippen LogP contribution in [0.4, 0.5) is 0 Å². The van der Waals surface area contributed by atoms with Crippen molar-refractivity contribution in [3.05, 3.63) is 0 Å². The highest BCUT2D eigenvalue weighted by molar-refractivity contribution is 5.81. The van der Waals surface area contributed by atoms with Gasteiger partial charge in [0, 0.05) is 18.9 Å². The molecular weight excluding hydrogens is 264 g/mol. The molecule has 1 saturated carbocycles. The first-order valence-corrected chi connectivity index (χ1v) is 6.83. The van der Waals surface area contributed by atoms with Gasteiger partial charge < -0.3 is 20.8 Å². The van der Waals surface area contributed by atoms with Crippen molar-refractivity contribution in [2.24, 2.45) is 5.92 Å². The van der Waals surface area contributed by atoms with Gasteiger partial charge in [-0.1, -0.05) is 12.8 Å². The lowest BCUT2D eigenvalue weighted by Crippen LogP contribution is -2.47. The summed E-state index contributed by atoms with van der Waals surface area (Å²) in [5.74, 6) is -1.76. The van der Waals surface area contributed by atoms with E-state index >= 15 is 0 Å². The third-order valence-corrected chi connectivity index (χ3v) is 3.47. The van der Waals surface area contributed by atoms with E-state index in [2.05, 4.69) is 10.6 Å². The normalized spacial score (nSPS) is 18.3. The molecule has 0 aromatic heterocycles. The molecule has 1 unspecified atom stereocenters. The van der Waals surface area contributed by atoms with Crippen LogP contribution in [0, 0.1) is 5.92 Å². The van der Waals surface area contributed by atoms with E-state index in [0.29, 0.717) is 0 Å². The van der Waals surface area contributed by atoms with Gasteiger partial charge >= 0.3 is 5.97 Å². The van der Waals surface area contributed by atoms with Crippen LogP contribution in [0.2, 0.25) is 0 Å². The van der Waals surface area contributed by atoms with Gasteiger partial charge in [0.15, 0.2) is 5.60 Å². The lowest BCUT2D eigenvalue weighted by Gasteiger charge is -2.18. The number of carbonyl (C=O) groups is 3. The lowest BCUT2D eigenvalue weighted by molar-refractivity contribution is -0.156. The zero-order chi connectivity index (χ0) is 15.2. The van der Waals surface area contributed by atoms with Crippen LogP contribution < -0.4 is 10.6 Å². The number of aliphatic hydroxyl groups is 1. The van der Waals surface area contributed by atoms with Gasteiger partial charge in [-0.15, -0.1) is 0 Å². The minimum Gasteiger partial charge on any atom is -0.479 e. The summed E-state index contributed by atoms with van der Waals surface area (Å²) < 4.78 is 0. The lowest BCUT2D eigenvalue weighted by atomic mass is 10.1. The molecule has 0 spiro atoms. The Balaban J connectivity index is 2.17. The molecule has 4 N–H and O–H groups in total. The van der Waals surface area contributed by atoms with Crippen molar-refractivity contribution in [1.82, 2.24) is 10.6 Å². The molecule has 1 rings (SSSR count). The largest absolute Gasteiger partial charge is 0.479 e. The summed E-state index contributed by atoms with van der Waals surface area (Å²) in [5, 5.41) is 23.1. The van der Waals surface area contributed by atoms with Gasteiger partial charge in [0.05, 0.1) is 6.54 Å². The van der Waals surface area contributed by atoms with E-state index in [1.165, 1.54) is 0 Å². The van der Waals surface area contributed by atoms with Crippen LogP contribution >= 0.6 is 0 Å². The Labute approximate surface area is 117 Å². The maximum absolute atomic E-state index is 11.7. The molecule has 7 heteroatoms. The molecule has 0 aliphatic heterocycles. The molecule has 0 bridgehead atoms. The average molecular weight is 286 g/mol. The Morgan fingerprint density at radius 1 is 1.20 bits per heavy atom. The minimum atomic E-state index is -1.98. The summed E-state index contributed by atoms with van der Waals surface area (Å²) in [6, 6.07) is 0. The molecule has 7 nitrogen and oxygen atoms in total. The Hall–Kier alpha value is -1.63. The van der Waals surface area contributed by atoms with E-state index in [1.54, 1.807) is 0 Å². The van der Waals surface area contributed by atoms with Crippen LogP contribution in [-0.2, 0) is 14.4 Å². The maximum atomic E-state index is 11.7. The molecule has 0 aromatic rings. The number of amides is 2. The summed E-state index contributed by atoms with van der Waals surface area (Å²) >= 11 is 0. The molecule has 1 aliphatic rings. The monoisotopic (exact) mass is 286 g/mol. The number of nitrogens with one attached hydrogen (secondary N) is 2. The average Bonchev–Trinajstić information content (AvgIpc) is 2.90. The van der Waals surface area contributed by atoms with Crippen LogP contribution in [0.15, 0.2) is 0 Å². The molecule has 114 valence electrons. The highest BCUT2D eigenvalue weighted by Gasteiger charge is 2.30. The molecule has 0 saturated heterocycles. The van der Waals surface area contributed by atoms with Crippen LogP contribution in [0.25, 0.3) is 0 Å². The topological polar surface area (TPSA) is 116 Å². The fourth-order valence-corrected chi connectivity index (χ4v) is 2.07. The first kappa shape index (κ1) is 16.4. The standard InChI is InChI=1S/C13H22N2O5/c1-13(20,12(18)19)8-15-10(16)6-7-14-11(17)9-4-2-3-5-9/h9,20H,2-8H2,1H3,(H,14,17)(H,15,16)(H,18,19). The first-order chi connectivity index (χ1) is 9.33. The van der Waals surface area contributed by atoms with Crippen molar-refractivity contribution < 1.29 is 24.6 Å². The van der Waals surface area contributed by atoms with Crippen LogP contribution in [0.5, 0.6) is 0 Å². The predicted molar refractivity (Wildman–Crippen MR) is 70.9 cm³/mol. The van der Waals surface area contributed by atoms with Crippen molar-refractivity contribution in [3.8, 4) is 0 Å². The Kier molecular flexibility index (Phi) is 5.94. The number of rotatable bonds is 7. The van der Waals surface area contributed by atoms with E-state index < -0.39 is 17.5 Å². The quantitative estimate of drug-likeness (QED) is 0.510. The summed E-state index contributed by atoms with van der Waals surface area (Å²) in [7, 11) is 0. The molecule has 0 aromatic carbocycles. The third kappa shape index (κ3) is 5.16. The summed E-state index contributed by atoms with van der Waals surface area (Å²) in [6.45, 7) is 0.964. The Morgan fingerprint density at radius 3 is 2.35 bits per heavy atom. The second kappa shape index (κ2) is 7.23. The van der Waals surface area contributed by atoms with E-state index in [1.807, 2.05) is 0 Å². The number of carboxylic acids is 1. The minimum absolute atomic E-state index is 0.0205. The van der Waals surface area contributed by atoms with Crippen molar-refractivity contribution in [2.45, 2.75) is 44.6 Å². The van der Waals surface area contributed by atoms with Gasteiger partial charge in [0.25, 0.3) is 0 Å². The molecule has 2 amide bonds. The van der Waals surface area contributed by atoms with Gasteiger partial charge in [-0.25, -0.2) is 4.79 Å². The number of hydrogen-bond acceptors (Lipinski definition) is 4. The van der Waals surface area contributed by atoms with E-state index in [-0.39, 0.29) is 31.3 Å². The number of carbonyl (C=O) groups excluding carboxylic acids is 2. The van der Waals surface area contributed by atoms with E-state index in [0.717, 1.165) is 32.6 Å².